The fourth-order valence-electron chi connectivity index (χ4n) is 2.29. The Morgan fingerprint density at radius 3 is 2.80 bits per heavy atom. The van der Waals surface area contributed by atoms with E-state index in [1.165, 1.54) is 25.7 Å². The summed E-state index contributed by atoms with van der Waals surface area (Å²) >= 11 is 3.50. The van der Waals surface area contributed by atoms with Crippen LogP contribution >= 0.6 is 15.9 Å². The molecule has 0 radical (unpaired) electrons. The first kappa shape index (κ1) is 10.7. The summed E-state index contributed by atoms with van der Waals surface area (Å²) < 4.78 is 3.05. The number of halogens is 1. The van der Waals surface area contributed by atoms with Crippen LogP contribution in [0.5, 0.6) is 0 Å². The lowest BCUT2D eigenvalue weighted by Crippen LogP contribution is -2.02. The van der Waals surface area contributed by atoms with E-state index in [2.05, 4.69) is 31.6 Å². The van der Waals surface area contributed by atoms with Crippen LogP contribution in [0, 0.1) is 11.3 Å². The number of imidazole rings is 1. The predicted molar refractivity (Wildman–Crippen MR) is 61.4 cm³/mol. The molecule has 1 aromatic heterocycles. The second-order valence-corrected chi connectivity index (χ2v) is 4.83. The van der Waals surface area contributed by atoms with Crippen molar-refractivity contribution in [2.45, 2.75) is 38.0 Å². The van der Waals surface area contributed by atoms with Crippen LogP contribution in [0.1, 0.15) is 43.1 Å². The fraction of sp³-hybridized carbons (Fsp3) is 0.636. The van der Waals surface area contributed by atoms with Crippen LogP contribution in [0.25, 0.3) is 0 Å². The van der Waals surface area contributed by atoms with Crippen molar-refractivity contribution in [3.8, 4) is 6.07 Å². The van der Waals surface area contributed by atoms with E-state index in [0.717, 1.165) is 16.1 Å². The first-order valence-electron chi connectivity index (χ1n) is 5.32. The summed E-state index contributed by atoms with van der Waals surface area (Å²) in [6.45, 7) is 0. The molecular weight excluding hydrogens is 254 g/mol. The summed E-state index contributed by atoms with van der Waals surface area (Å²) in [7, 11) is 2.02. The summed E-state index contributed by atoms with van der Waals surface area (Å²) in [5.41, 5.74) is 0.877. The first-order valence-corrected chi connectivity index (χ1v) is 6.11. The molecule has 0 aliphatic heterocycles. The van der Waals surface area contributed by atoms with E-state index in [1.54, 1.807) is 0 Å². The molecule has 1 heterocycles. The maximum Gasteiger partial charge on any atom is 0.112 e. The van der Waals surface area contributed by atoms with Gasteiger partial charge in [-0.15, -0.1) is 0 Å². The molecule has 4 heteroatoms. The lowest BCUT2D eigenvalue weighted by molar-refractivity contribution is 0.628. The largest absolute Gasteiger partial charge is 0.325 e. The molecule has 0 bridgehead atoms. The highest BCUT2D eigenvalue weighted by Crippen LogP contribution is 2.35. The number of aromatic nitrogens is 2. The molecule has 0 amide bonds. The molecule has 1 aromatic rings. The van der Waals surface area contributed by atoms with Crippen molar-refractivity contribution in [3.63, 3.8) is 0 Å². The molecule has 1 aliphatic rings. The molecule has 0 N–H and O–H groups in total. The number of nitrogens with zero attached hydrogens (tertiary/aromatic N) is 3. The Morgan fingerprint density at radius 2 is 2.20 bits per heavy atom. The van der Waals surface area contributed by atoms with Gasteiger partial charge in [-0.2, -0.15) is 5.26 Å². The monoisotopic (exact) mass is 267 g/mol. The predicted octanol–water partition coefficient (Wildman–Crippen LogP) is 2.91. The molecule has 3 nitrogen and oxygen atoms in total. The van der Waals surface area contributed by atoms with Crippen LogP contribution in [-0.4, -0.2) is 9.55 Å². The van der Waals surface area contributed by atoms with Gasteiger partial charge in [0, 0.05) is 13.0 Å². The number of hydrogen-bond acceptors (Lipinski definition) is 2. The smallest absolute Gasteiger partial charge is 0.112 e. The lowest BCUT2D eigenvalue weighted by Gasteiger charge is -2.08. The van der Waals surface area contributed by atoms with E-state index in [4.69, 9.17) is 5.26 Å². The summed E-state index contributed by atoms with van der Waals surface area (Å²) in [5.74, 6) is 1.74. The summed E-state index contributed by atoms with van der Waals surface area (Å²) in [5, 5.41) is 8.69. The number of nitriles is 1. The van der Waals surface area contributed by atoms with E-state index in [1.807, 2.05) is 7.05 Å². The quantitative estimate of drug-likeness (QED) is 0.827. The average molecular weight is 268 g/mol. The second kappa shape index (κ2) is 4.36. The van der Waals surface area contributed by atoms with E-state index >= 15 is 0 Å². The zero-order valence-electron chi connectivity index (χ0n) is 8.83. The van der Waals surface area contributed by atoms with Gasteiger partial charge < -0.3 is 4.57 Å². The molecule has 2 rings (SSSR count). The molecule has 0 aromatic carbocycles. The van der Waals surface area contributed by atoms with Gasteiger partial charge in [0.25, 0.3) is 0 Å². The Labute approximate surface area is 98.2 Å². The summed E-state index contributed by atoms with van der Waals surface area (Å²) in [6, 6.07) is 2.15. The van der Waals surface area contributed by atoms with Gasteiger partial charge in [-0.25, -0.2) is 4.98 Å². The van der Waals surface area contributed by atoms with Crippen molar-refractivity contribution in [2.24, 2.45) is 7.05 Å². The van der Waals surface area contributed by atoms with Crippen LogP contribution in [0.15, 0.2) is 4.60 Å². The Bertz CT molecular complexity index is 397. The maximum absolute atomic E-state index is 8.69. The highest BCUT2D eigenvalue weighted by molar-refractivity contribution is 9.10. The molecular formula is C11H14BrN3. The minimum absolute atomic E-state index is 0.390. The van der Waals surface area contributed by atoms with Gasteiger partial charge in [0.1, 0.15) is 10.4 Å². The lowest BCUT2D eigenvalue weighted by atomic mass is 10.1. The Hall–Kier alpha value is -0.820. The van der Waals surface area contributed by atoms with E-state index in [0.29, 0.717) is 12.3 Å². The Morgan fingerprint density at radius 1 is 1.53 bits per heavy atom. The van der Waals surface area contributed by atoms with Crippen molar-refractivity contribution in [2.75, 3.05) is 0 Å². The molecule has 15 heavy (non-hydrogen) atoms. The third-order valence-electron chi connectivity index (χ3n) is 3.09. The topological polar surface area (TPSA) is 41.6 Å². The van der Waals surface area contributed by atoms with Gasteiger partial charge in [-0.05, 0) is 28.8 Å². The van der Waals surface area contributed by atoms with Crippen molar-refractivity contribution in [1.82, 2.24) is 9.55 Å². The van der Waals surface area contributed by atoms with Crippen LogP contribution in [0.4, 0.5) is 0 Å². The second-order valence-electron chi connectivity index (χ2n) is 4.08. The van der Waals surface area contributed by atoms with E-state index < -0.39 is 0 Å². The van der Waals surface area contributed by atoms with Gasteiger partial charge in [0.15, 0.2) is 0 Å². The SMILES string of the molecule is Cn1c(C2CCCC2)nc(CC#N)c1Br. The molecule has 1 saturated carbocycles. The minimum atomic E-state index is 0.390. The third kappa shape index (κ3) is 1.93. The molecule has 0 atom stereocenters. The van der Waals surface area contributed by atoms with Crippen LogP contribution in [-0.2, 0) is 13.5 Å². The van der Waals surface area contributed by atoms with E-state index in [9.17, 15) is 0 Å². The van der Waals surface area contributed by atoms with Crippen molar-refractivity contribution in [1.29, 1.82) is 5.26 Å². The highest BCUT2D eigenvalue weighted by Gasteiger charge is 2.23. The van der Waals surface area contributed by atoms with Crippen LogP contribution in [0.3, 0.4) is 0 Å². The van der Waals surface area contributed by atoms with Crippen molar-refractivity contribution < 1.29 is 0 Å². The highest BCUT2D eigenvalue weighted by atomic mass is 79.9. The third-order valence-corrected chi connectivity index (χ3v) is 4.08. The molecule has 1 fully saturated rings. The maximum atomic E-state index is 8.69. The van der Waals surface area contributed by atoms with Crippen LogP contribution in [0.2, 0.25) is 0 Å². The zero-order valence-corrected chi connectivity index (χ0v) is 10.4. The average Bonchev–Trinajstić information content (AvgIpc) is 2.82. The van der Waals surface area contributed by atoms with Crippen LogP contribution < -0.4 is 0 Å². The molecule has 0 saturated heterocycles. The zero-order chi connectivity index (χ0) is 10.8. The molecule has 0 unspecified atom stereocenters. The number of rotatable bonds is 2. The summed E-state index contributed by atoms with van der Waals surface area (Å²) in [4.78, 5) is 4.57. The van der Waals surface area contributed by atoms with Gasteiger partial charge in [0.05, 0.1) is 18.2 Å². The van der Waals surface area contributed by atoms with Gasteiger partial charge in [-0.3, -0.25) is 0 Å². The van der Waals surface area contributed by atoms with E-state index in [-0.39, 0.29) is 0 Å². The first-order chi connectivity index (χ1) is 7.24. The van der Waals surface area contributed by atoms with Gasteiger partial charge in [-0.1, -0.05) is 12.8 Å². The minimum Gasteiger partial charge on any atom is -0.325 e. The standard InChI is InChI=1S/C11H14BrN3/c1-15-10(12)9(6-7-13)14-11(15)8-4-2-3-5-8/h8H,2-6H2,1H3. The summed E-state index contributed by atoms with van der Waals surface area (Å²) in [6.07, 6.45) is 5.49. The Kier molecular flexibility index (Phi) is 3.11. The van der Waals surface area contributed by atoms with Crippen molar-refractivity contribution in [3.05, 3.63) is 16.1 Å². The van der Waals surface area contributed by atoms with Gasteiger partial charge in [0.2, 0.25) is 0 Å². The molecule has 80 valence electrons. The normalized spacial score (nSPS) is 16.9. The number of hydrogen-bond donors (Lipinski definition) is 0. The molecule has 1 aliphatic carbocycles. The van der Waals surface area contributed by atoms with Crippen molar-refractivity contribution >= 4 is 15.9 Å². The molecule has 0 spiro atoms. The van der Waals surface area contributed by atoms with Gasteiger partial charge >= 0.3 is 0 Å². The fourth-order valence-corrected chi connectivity index (χ4v) is 2.70. The Balaban J connectivity index is 2.32.